The van der Waals surface area contributed by atoms with Gasteiger partial charge >= 0.3 is 11.9 Å². The zero-order chi connectivity index (χ0) is 27.9. The van der Waals surface area contributed by atoms with Crippen molar-refractivity contribution in [1.82, 2.24) is 9.88 Å². The molecular weight excluding hydrogens is 487 g/mol. The van der Waals surface area contributed by atoms with Crippen LogP contribution in [0.5, 0.6) is 17.2 Å². The fourth-order valence-corrected chi connectivity index (χ4v) is 4.32. The third kappa shape index (κ3) is 6.87. The van der Waals surface area contributed by atoms with Crippen molar-refractivity contribution in [3.05, 3.63) is 47.5 Å². The van der Waals surface area contributed by atoms with E-state index in [2.05, 4.69) is 4.98 Å². The van der Waals surface area contributed by atoms with Crippen molar-refractivity contribution in [3.8, 4) is 17.2 Å². The number of aliphatic carboxylic acids is 1. The third-order valence-electron chi connectivity index (χ3n) is 6.00. The maximum atomic E-state index is 14.0. The van der Waals surface area contributed by atoms with E-state index in [9.17, 15) is 23.9 Å². The molecule has 10 nitrogen and oxygen atoms in total. The second kappa shape index (κ2) is 12.9. The summed E-state index contributed by atoms with van der Waals surface area (Å²) in [5.41, 5.74) is 0.395. The molecule has 11 heteroatoms. The second-order valence-electron chi connectivity index (χ2n) is 8.71. The van der Waals surface area contributed by atoms with E-state index in [1.807, 2.05) is 13.8 Å². The maximum absolute atomic E-state index is 14.0. The molecule has 0 fully saturated rings. The van der Waals surface area contributed by atoms with Crippen molar-refractivity contribution in [1.29, 1.82) is 0 Å². The Kier molecular flexibility index (Phi) is 10.2. The number of carbonyl (C=O) groups is 3. The maximum Gasteiger partial charge on any atom is 0.326 e. The van der Waals surface area contributed by atoms with Gasteiger partial charge in [0.15, 0.2) is 17.2 Å². The number of nitrogens with zero attached hydrogens (tertiary/aromatic N) is 2. The molecule has 1 heterocycles. The number of ether oxygens (including phenoxy) is 4. The Morgan fingerprint density at radius 3 is 2.24 bits per heavy atom. The number of hydrogen-bond donors (Lipinski definition) is 1. The summed E-state index contributed by atoms with van der Waals surface area (Å²) >= 11 is 0. The number of hydrogen-bond acceptors (Lipinski definition) is 8. The molecule has 2 rings (SSSR count). The van der Waals surface area contributed by atoms with Crippen LogP contribution in [0.2, 0.25) is 0 Å². The molecule has 1 amide bonds. The number of carboxylic acid groups (broad SMARTS) is 1. The van der Waals surface area contributed by atoms with Crippen molar-refractivity contribution < 1.29 is 42.8 Å². The molecule has 1 unspecified atom stereocenters. The number of carboxylic acids is 1. The van der Waals surface area contributed by atoms with Gasteiger partial charge in [-0.05, 0) is 31.4 Å². The van der Waals surface area contributed by atoms with Crippen molar-refractivity contribution in [2.75, 3.05) is 21.0 Å². The molecule has 3 atom stereocenters. The van der Waals surface area contributed by atoms with Gasteiger partial charge in [0.2, 0.25) is 6.79 Å². The summed E-state index contributed by atoms with van der Waals surface area (Å²) in [7, 11) is 2.77. The molecule has 1 aromatic carbocycles. The van der Waals surface area contributed by atoms with Gasteiger partial charge in [0.05, 0.1) is 14.2 Å². The van der Waals surface area contributed by atoms with Gasteiger partial charge in [-0.25, -0.2) is 14.2 Å². The fraction of sp³-hybridized carbons (Fsp3) is 0.462. The largest absolute Gasteiger partial charge is 0.496 e. The van der Waals surface area contributed by atoms with Crippen LogP contribution in [0.3, 0.4) is 0 Å². The average Bonchev–Trinajstić information content (AvgIpc) is 2.84. The highest BCUT2D eigenvalue weighted by Crippen LogP contribution is 2.39. The molecule has 37 heavy (non-hydrogen) atoms. The van der Waals surface area contributed by atoms with E-state index in [4.69, 9.17) is 18.9 Å². The number of benzene rings is 1. The molecular formula is C26H33FN2O8. The van der Waals surface area contributed by atoms with E-state index in [-0.39, 0.29) is 28.9 Å². The minimum absolute atomic E-state index is 0.105. The van der Waals surface area contributed by atoms with Crippen molar-refractivity contribution in [3.63, 3.8) is 0 Å². The number of amides is 1. The summed E-state index contributed by atoms with van der Waals surface area (Å²) < 4.78 is 35.0. The lowest BCUT2D eigenvalue weighted by Crippen LogP contribution is -2.51. The molecule has 0 saturated carbocycles. The summed E-state index contributed by atoms with van der Waals surface area (Å²) in [4.78, 5) is 42.6. The Morgan fingerprint density at radius 1 is 1.05 bits per heavy atom. The van der Waals surface area contributed by atoms with E-state index >= 15 is 0 Å². The van der Waals surface area contributed by atoms with Gasteiger partial charge < -0.3 is 29.0 Å². The van der Waals surface area contributed by atoms with Gasteiger partial charge in [-0.2, -0.15) is 0 Å². The summed E-state index contributed by atoms with van der Waals surface area (Å²) in [5, 5.41) is 9.90. The van der Waals surface area contributed by atoms with Crippen LogP contribution in [-0.4, -0.2) is 65.9 Å². The average molecular weight is 521 g/mol. The molecule has 0 aliphatic rings. The zero-order valence-electron chi connectivity index (χ0n) is 22.0. The number of rotatable bonds is 12. The van der Waals surface area contributed by atoms with Gasteiger partial charge in [-0.1, -0.05) is 19.9 Å². The number of pyridine rings is 1. The van der Waals surface area contributed by atoms with Gasteiger partial charge in [0.1, 0.15) is 17.6 Å². The quantitative estimate of drug-likeness (QED) is 0.328. The normalized spacial score (nSPS) is 13.3. The van der Waals surface area contributed by atoms with E-state index in [1.165, 1.54) is 57.4 Å². The van der Waals surface area contributed by atoms with Gasteiger partial charge in [0, 0.05) is 37.2 Å². The van der Waals surface area contributed by atoms with E-state index in [0.29, 0.717) is 5.56 Å². The predicted octanol–water partition coefficient (Wildman–Crippen LogP) is 3.88. The highest BCUT2D eigenvalue weighted by atomic mass is 19.1. The zero-order valence-corrected chi connectivity index (χ0v) is 22.0. The fourth-order valence-electron chi connectivity index (χ4n) is 4.32. The summed E-state index contributed by atoms with van der Waals surface area (Å²) in [5.74, 6) is -3.30. The van der Waals surface area contributed by atoms with E-state index < -0.39 is 48.5 Å². The van der Waals surface area contributed by atoms with Crippen LogP contribution in [0.1, 0.15) is 56.6 Å². The first-order valence-electron chi connectivity index (χ1n) is 11.6. The van der Waals surface area contributed by atoms with Gasteiger partial charge in [-0.3, -0.25) is 9.59 Å². The Morgan fingerprint density at radius 2 is 1.70 bits per heavy atom. The Bertz CT molecular complexity index is 1120. The molecule has 1 N–H and O–H groups in total. The van der Waals surface area contributed by atoms with E-state index in [0.717, 1.165) is 0 Å². The van der Waals surface area contributed by atoms with Crippen LogP contribution in [0.25, 0.3) is 0 Å². The molecule has 1 aromatic heterocycles. The van der Waals surface area contributed by atoms with Crippen molar-refractivity contribution in [2.45, 2.75) is 52.6 Å². The smallest absolute Gasteiger partial charge is 0.326 e. The molecule has 202 valence electrons. The third-order valence-corrected chi connectivity index (χ3v) is 6.00. The molecule has 0 saturated heterocycles. The first kappa shape index (κ1) is 29.3. The predicted molar refractivity (Wildman–Crippen MR) is 131 cm³/mol. The first-order chi connectivity index (χ1) is 17.4. The van der Waals surface area contributed by atoms with Crippen LogP contribution >= 0.6 is 0 Å². The SMILES string of the molecule is COc1cc(F)ccc1[C@H](C(C)C)C(C)N(C(=O)c1nccc(OC)c1OCOC(C)=O)[C@@H](C)C(=O)O. The highest BCUT2D eigenvalue weighted by molar-refractivity contribution is 5.98. The number of aromatic nitrogens is 1. The first-order valence-corrected chi connectivity index (χ1v) is 11.6. The van der Waals surface area contributed by atoms with Crippen LogP contribution in [0.15, 0.2) is 30.5 Å². The minimum Gasteiger partial charge on any atom is -0.496 e. The van der Waals surface area contributed by atoms with Crippen LogP contribution in [-0.2, 0) is 14.3 Å². The Labute approximate surface area is 215 Å². The topological polar surface area (TPSA) is 124 Å². The van der Waals surface area contributed by atoms with E-state index in [1.54, 1.807) is 13.0 Å². The standard InChI is InChI=1S/C26H33FN2O8/c1-14(2)22(19-9-8-18(27)12-21(19)35-7)15(3)29(16(4)26(32)33)25(31)23-24(37-13-36-17(5)30)20(34-6)10-11-28-23/h8-12,14-16,22H,13H2,1-7H3,(H,32,33)/t15?,16-,22+/m0/s1. The summed E-state index contributed by atoms with van der Waals surface area (Å²) in [6.07, 6.45) is 1.32. The monoisotopic (exact) mass is 520 g/mol. The lowest BCUT2D eigenvalue weighted by Gasteiger charge is -2.39. The molecule has 0 aliphatic heterocycles. The van der Waals surface area contributed by atoms with Crippen LogP contribution < -0.4 is 14.2 Å². The Balaban J connectivity index is 2.64. The van der Waals surface area contributed by atoms with Gasteiger partial charge in [0.25, 0.3) is 5.91 Å². The molecule has 2 aromatic rings. The van der Waals surface area contributed by atoms with Crippen molar-refractivity contribution >= 4 is 17.8 Å². The number of carbonyl (C=O) groups excluding carboxylic acids is 2. The lowest BCUT2D eigenvalue weighted by atomic mass is 9.81. The minimum atomic E-state index is -1.27. The number of esters is 1. The second-order valence-corrected chi connectivity index (χ2v) is 8.71. The lowest BCUT2D eigenvalue weighted by molar-refractivity contribution is -0.147. The highest BCUT2D eigenvalue weighted by Gasteiger charge is 2.39. The van der Waals surface area contributed by atoms with Gasteiger partial charge in [-0.15, -0.1) is 0 Å². The Hall–Kier alpha value is -3.89. The van der Waals surface area contributed by atoms with Crippen molar-refractivity contribution in [2.24, 2.45) is 5.92 Å². The molecule has 0 bridgehead atoms. The van der Waals surface area contributed by atoms with Crippen LogP contribution in [0, 0.1) is 11.7 Å². The summed E-state index contributed by atoms with van der Waals surface area (Å²) in [6, 6.07) is 3.57. The molecule has 0 aliphatic carbocycles. The number of halogens is 1. The van der Waals surface area contributed by atoms with Crippen LogP contribution in [0.4, 0.5) is 4.39 Å². The summed E-state index contributed by atoms with van der Waals surface area (Å²) in [6.45, 7) is 7.61. The molecule has 0 radical (unpaired) electrons. The number of methoxy groups -OCH3 is 2. The molecule has 0 spiro atoms.